The van der Waals surface area contributed by atoms with Gasteiger partial charge in [-0.1, -0.05) is 27.2 Å². The van der Waals surface area contributed by atoms with Gasteiger partial charge in [0.15, 0.2) is 5.82 Å². The second-order valence-electron chi connectivity index (χ2n) is 4.37. The summed E-state index contributed by atoms with van der Waals surface area (Å²) in [7, 11) is 1.92. The van der Waals surface area contributed by atoms with E-state index < -0.39 is 0 Å². The van der Waals surface area contributed by atoms with Crippen molar-refractivity contribution < 1.29 is 4.52 Å². The van der Waals surface area contributed by atoms with Crippen LogP contribution in [0.5, 0.6) is 0 Å². The zero-order chi connectivity index (χ0) is 13.1. The zero-order valence-electron chi connectivity index (χ0n) is 10.7. The maximum atomic E-state index is 5.28. The van der Waals surface area contributed by atoms with Gasteiger partial charge in [-0.25, -0.2) is 0 Å². The smallest absolute Gasteiger partial charge is 0.257 e. The fourth-order valence-electron chi connectivity index (χ4n) is 1.56. The summed E-state index contributed by atoms with van der Waals surface area (Å²) in [4.78, 5) is 4.40. The number of hydrogen-bond donors (Lipinski definition) is 1. The van der Waals surface area contributed by atoms with Gasteiger partial charge in [-0.2, -0.15) is 4.98 Å². The predicted molar refractivity (Wildman–Crippen MR) is 74.4 cm³/mol. The molecule has 0 aliphatic heterocycles. The third-order valence-electron chi connectivity index (χ3n) is 2.87. The van der Waals surface area contributed by atoms with Crippen molar-refractivity contribution in [3.63, 3.8) is 0 Å². The van der Waals surface area contributed by atoms with Crippen LogP contribution in [0.25, 0.3) is 11.5 Å². The monoisotopic (exact) mass is 309 g/mol. The summed E-state index contributed by atoms with van der Waals surface area (Å²) in [6.45, 7) is 4.13. The third kappa shape index (κ3) is 2.97. The normalized spacial score (nSPS) is 12.7. The van der Waals surface area contributed by atoms with E-state index in [0.717, 1.165) is 22.3 Å². The molecule has 0 fully saturated rings. The molecule has 1 heterocycles. The molecule has 2 rings (SSSR count). The van der Waals surface area contributed by atoms with Gasteiger partial charge in [-0.15, -0.1) is 0 Å². The van der Waals surface area contributed by atoms with E-state index in [0.29, 0.717) is 11.9 Å². The van der Waals surface area contributed by atoms with Crippen molar-refractivity contribution >= 4 is 15.9 Å². The number of nitrogens with one attached hydrogen (secondary N) is 1. The third-order valence-corrected chi connectivity index (χ3v) is 3.72. The molecule has 1 N–H and O–H groups in total. The highest BCUT2D eigenvalue weighted by Gasteiger charge is 2.11. The Balaban J connectivity index is 2.21. The highest BCUT2D eigenvalue weighted by Crippen LogP contribution is 2.24. The predicted octanol–water partition coefficient (Wildman–Crippen LogP) is 2.96. The van der Waals surface area contributed by atoms with Crippen LogP contribution < -0.4 is 5.32 Å². The number of rotatable bonds is 4. The molecule has 0 spiro atoms. The molecule has 2 aromatic rings. The summed E-state index contributed by atoms with van der Waals surface area (Å²) in [5.41, 5.74) is 2.12. The molecule has 0 amide bonds. The van der Waals surface area contributed by atoms with E-state index in [1.54, 1.807) is 0 Å². The largest absolute Gasteiger partial charge is 0.334 e. The first-order valence-corrected chi connectivity index (χ1v) is 6.66. The second-order valence-corrected chi connectivity index (χ2v) is 5.23. The standard InChI is InChI=1S/C13H16BrN3O/c1-8-4-5-10(7-11(8)14)13-16-12(17-18-13)6-9(2)15-3/h4-5,7,9,15H,6H2,1-3H3. The molecule has 5 heteroatoms. The van der Waals surface area contributed by atoms with Gasteiger partial charge in [0, 0.05) is 22.5 Å². The minimum atomic E-state index is 0.334. The van der Waals surface area contributed by atoms with Crippen molar-refractivity contribution in [2.45, 2.75) is 26.3 Å². The lowest BCUT2D eigenvalue weighted by Gasteiger charge is -2.04. The molecule has 1 aromatic heterocycles. The molecule has 0 bridgehead atoms. The number of nitrogens with zero attached hydrogens (tertiary/aromatic N) is 2. The topological polar surface area (TPSA) is 51.0 Å². The van der Waals surface area contributed by atoms with Crippen LogP contribution in [0.2, 0.25) is 0 Å². The summed E-state index contributed by atoms with van der Waals surface area (Å²) < 4.78 is 6.33. The summed E-state index contributed by atoms with van der Waals surface area (Å²) in [6.07, 6.45) is 0.757. The molecule has 1 aromatic carbocycles. The van der Waals surface area contributed by atoms with Crippen molar-refractivity contribution in [1.82, 2.24) is 15.5 Å². The van der Waals surface area contributed by atoms with Crippen LogP contribution in [0, 0.1) is 6.92 Å². The maximum Gasteiger partial charge on any atom is 0.257 e. The quantitative estimate of drug-likeness (QED) is 0.943. The summed E-state index contributed by atoms with van der Waals surface area (Å²) in [5.74, 6) is 1.29. The first kappa shape index (κ1) is 13.2. The molecular weight excluding hydrogens is 294 g/mol. The number of aromatic nitrogens is 2. The first-order valence-electron chi connectivity index (χ1n) is 5.86. The molecule has 0 saturated heterocycles. The number of aryl methyl sites for hydroxylation is 1. The van der Waals surface area contributed by atoms with Gasteiger partial charge in [0.1, 0.15) is 0 Å². The van der Waals surface area contributed by atoms with E-state index in [4.69, 9.17) is 4.52 Å². The first-order chi connectivity index (χ1) is 8.60. The Morgan fingerprint density at radius 2 is 2.22 bits per heavy atom. The van der Waals surface area contributed by atoms with Crippen LogP contribution >= 0.6 is 15.9 Å². The minimum absolute atomic E-state index is 0.334. The molecule has 1 unspecified atom stereocenters. The fraction of sp³-hybridized carbons (Fsp3) is 0.385. The Hall–Kier alpha value is -1.20. The zero-order valence-corrected chi connectivity index (χ0v) is 12.3. The second kappa shape index (κ2) is 5.63. The molecular formula is C13H16BrN3O. The maximum absolute atomic E-state index is 5.28. The van der Waals surface area contributed by atoms with E-state index >= 15 is 0 Å². The SMILES string of the molecule is CNC(C)Cc1noc(-c2ccc(C)c(Br)c2)n1. The van der Waals surface area contributed by atoms with Crippen LogP contribution in [-0.2, 0) is 6.42 Å². The highest BCUT2D eigenvalue weighted by molar-refractivity contribution is 9.10. The molecule has 0 saturated carbocycles. The van der Waals surface area contributed by atoms with Crippen molar-refractivity contribution in [3.05, 3.63) is 34.1 Å². The molecule has 0 aliphatic rings. The van der Waals surface area contributed by atoms with Gasteiger partial charge in [0.2, 0.25) is 0 Å². The Morgan fingerprint density at radius 3 is 2.89 bits per heavy atom. The van der Waals surface area contributed by atoms with E-state index in [1.165, 1.54) is 5.56 Å². The van der Waals surface area contributed by atoms with Crippen LogP contribution in [0.3, 0.4) is 0 Å². The van der Waals surface area contributed by atoms with E-state index in [9.17, 15) is 0 Å². The van der Waals surface area contributed by atoms with Crippen molar-refractivity contribution in [2.75, 3.05) is 7.05 Å². The van der Waals surface area contributed by atoms with E-state index in [1.807, 2.05) is 32.2 Å². The number of hydrogen-bond acceptors (Lipinski definition) is 4. The number of halogens is 1. The van der Waals surface area contributed by atoms with E-state index in [-0.39, 0.29) is 0 Å². The molecule has 0 aliphatic carbocycles. The van der Waals surface area contributed by atoms with Gasteiger partial charge in [-0.3, -0.25) is 0 Å². The van der Waals surface area contributed by atoms with Crippen LogP contribution in [0.1, 0.15) is 18.3 Å². The molecule has 18 heavy (non-hydrogen) atoms. The van der Waals surface area contributed by atoms with Gasteiger partial charge in [-0.05, 0) is 38.6 Å². The average Bonchev–Trinajstić information content (AvgIpc) is 2.81. The molecule has 96 valence electrons. The Morgan fingerprint density at radius 1 is 1.44 bits per heavy atom. The lowest BCUT2D eigenvalue weighted by Crippen LogP contribution is -2.24. The van der Waals surface area contributed by atoms with Crippen molar-refractivity contribution in [2.24, 2.45) is 0 Å². The Labute approximate surface area is 115 Å². The number of likely N-dealkylation sites (N-methyl/N-ethyl adjacent to an activating group) is 1. The van der Waals surface area contributed by atoms with Gasteiger partial charge in [0.05, 0.1) is 0 Å². The van der Waals surface area contributed by atoms with E-state index in [2.05, 4.69) is 38.3 Å². The van der Waals surface area contributed by atoms with Crippen molar-refractivity contribution in [1.29, 1.82) is 0 Å². The summed E-state index contributed by atoms with van der Waals surface area (Å²) in [6, 6.07) is 6.34. The molecule has 4 nitrogen and oxygen atoms in total. The number of benzene rings is 1. The summed E-state index contributed by atoms with van der Waals surface area (Å²) >= 11 is 3.50. The van der Waals surface area contributed by atoms with Gasteiger partial charge < -0.3 is 9.84 Å². The Bertz CT molecular complexity index is 539. The van der Waals surface area contributed by atoms with Crippen LogP contribution in [0.15, 0.2) is 27.2 Å². The molecule has 0 radical (unpaired) electrons. The van der Waals surface area contributed by atoms with Gasteiger partial charge in [0.25, 0.3) is 5.89 Å². The average molecular weight is 310 g/mol. The van der Waals surface area contributed by atoms with Crippen LogP contribution in [0.4, 0.5) is 0 Å². The minimum Gasteiger partial charge on any atom is -0.334 e. The lowest BCUT2D eigenvalue weighted by molar-refractivity contribution is 0.418. The highest BCUT2D eigenvalue weighted by atomic mass is 79.9. The fourth-order valence-corrected chi connectivity index (χ4v) is 1.93. The molecule has 1 atom stereocenters. The lowest BCUT2D eigenvalue weighted by atomic mass is 10.1. The van der Waals surface area contributed by atoms with Crippen molar-refractivity contribution in [3.8, 4) is 11.5 Å². The Kier molecular flexibility index (Phi) is 4.14. The summed E-state index contributed by atoms with van der Waals surface area (Å²) in [5, 5.41) is 7.14. The van der Waals surface area contributed by atoms with Crippen LogP contribution in [-0.4, -0.2) is 23.2 Å². The van der Waals surface area contributed by atoms with Gasteiger partial charge >= 0.3 is 0 Å².